The zero-order valence-electron chi connectivity index (χ0n) is 12.7. The smallest absolute Gasteiger partial charge is 0.270 e. The Morgan fingerprint density at radius 1 is 1.20 bits per heavy atom. The number of halogens is 1. The van der Waals surface area contributed by atoms with Gasteiger partial charge in [-0.3, -0.25) is 9.36 Å². The predicted molar refractivity (Wildman–Crippen MR) is 98.6 cm³/mol. The zero-order chi connectivity index (χ0) is 17.6. The molecule has 0 atom stereocenters. The summed E-state index contributed by atoms with van der Waals surface area (Å²) in [6.07, 6.45) is 0. The third-order valence-electron chi connectivity index (χ3n) is 3.98. The second-order valence-electron chi connectivity index (χ2n) is 5.41. The maximum Gasteiger partial charge on any atom is 0.270 e. The maximum absolute atomic E-state index is 11.8. The van der Waals surface area contributed by atoms with E-state index in [1.54, 1.807) is 28.0 Å². The van der Waals surface area contributed by atoms with Gasteiger partial charge >= 0.3 is 0 Å². The minimum absolute atomic E-state index is 0.296. The second kappa shape index (κ2) is 5.81. The molecule has 25 heavy (non-hydrogen) atoms. The van der Waals surface area contributed by atoms with Crippen LogP contribution in [0.1, 0.15) is 5.56 Å². The van der Waals surface area contributed by atoms with Gasteiger partial charge in [-0.15, -0.1) is 0 Å². The third-order valence-corrected chi connectivity index (χ3v) is 4.95. The maximum atomic E-state index is 11.8. The van der Waals surface area contributed by atoms with E-state index in [0.29, 0.717) is 21.9 Å². The van der Waals surface area contributed by atoms with Crippen LogP contribution in [0.3, 0.4) is 0 Å². The lowest BCUT2D eigenvalue weighted by atomic mass is 10.1. The summed E-state index contributed by atoms with van der Waals surface area (Å²) in [7, 11) is 0. The Labute approximate surface area is 151 Å². The number of H-pyrrole nitrogens is 1. The highest BCUT2D eigenvalue weighted by molar-refractivity contribution is 7.08. The number of aromatic hydroxyl groups is 1. The molecule has 0 saturated heterocycles. The highest BCUT2D eigenvalue weighted by atomic mass is 35.5. The van der Waals surface area contributed by atoms with E-state index in [1.165, 1.54) is 0 Å². The minimum atomic E-state index is -0.644. The van der Waals surface area contributed by atoms with Crippen LogP contribution >= 0.6 is 22.9 Å². The number of hydrogen-bond acceptors (Lipinski definition) is 4. The number of aromatic nitrogens is 2. The van der Waals surface area contributed by atoms with Crippen molar-refractivity contribution < 1.29 is 5.11 Å². The van der Waals surface area contributed by atoms with Gasteiger partial charge in [-0.2, -0.15) is 16.6 Å². The van der Waals surface area contributed by atoms with Crippen molar-refractivity contribution in [3.8, 4) is 28.6 Å². The van der Waals surface area contributed by atoms with Crippen LogP contribution in [0.4, 0.5) is 0 Å². The van der Waals surface area contributed by atoms with E-state index in [-0.39, 0.29) is 11.3 Å². The molecule has 122 valence electrons. The summed E-state index contributed by atoms with van der Waals surface area (Å²) in [4.78, 5) is 14.4. The zero-order valence-corrected chi connectivity index (χ0v) is 14.2. The lowest BCUT2D eigenvalue weighted by Gasteiger charge is -2.09. The molecule has 7 heteroatoms. The standard InChI is InChI=1S/C18H10ClN3O2S/c19-15-7-14-16(17(23)13(8-20)18(24)21-14)22(15)12-3-1-10(2-4-12)11-5-6-25-9-11/h1-7,9H,(H2,21,23,24). The average molecular weight is 368 g/mol. The van der Waals surface area contributed by atoms with Gasteiger partial charge in [0.1, 0.15) is 16.7 Å². The van der Waals surface area contributed by atoms with E-state index in [1.807, 2.05) is 35.7 Å². The fraction of sp³-hybridized carbons (Fsp3) is 0. The summed E-state index contributed by atoms with van der Waals surface area (Å²) in [6, 6.07) is 12.9. The first kappa shape index (κ1) is 15.5. The van der Waals surface area contributed by atoms with Gasteiger partial charge in [-0.1, -0.05) is 23.7 Å². The quantitative estimate of drug-likeness (QED) is 0.554. The predicted octanol–water partition coefficient (Wildman–Crippen LogP) is 4.28. The van der Waals surface area contributed by atoms with E-state index < -0.39 is 5.56 Å². The highest BCUT2D eigenvalue weighted by Gasteiger charge is 2.18. The third kappa shape index (κ3) is 2.41. The first-order valence-electron chi connectivity index (χ1n) is 7.29. The number of nitriles is 1. The summed E-state index contributed by atoms with van der Waals surface area (Å²) in [6.45, 7) is 0. The molecule has 0 spiro atoms. The van der Waals surface area contributed by atoms with Gasteiger partial charge in [0.05, 0.1) is 5.52 Å². The van der Waals surface area contributed by atoms with Gasteiger partial charge in [0, 0.05) is 5.69 Å². The average Bonchev–Trinajstić information content (AvgIpc) is 3.23. The lowest BCUT2D eigenvalue weighted by molar-refractivity contribution is 0.476. The Hall–Kier alpha value is -3.01. The Bertz CT molecular complexity index is 1180. The Balaban J connectivity index is 1.94. The second-order valence-corrected chi connectivity index (χ2v) is 6.58. The molecule has 4 rings (SSSR count). The van der Waals surface area contributed by atoms with Crippen molar-refractivity contribution in [3.63, 3.8) is 0 Å². The van der Waals surface area contributed by atoms with Crippen molar-refractivity contribution in [3.05, 3.63) is 68.2 Å². The molecule has 2 N–H and O–H groups in total. The van der Waals surface area contributed by atoms with Crippen molar-refractivity contribution in [2.45, 2.75) is 0 Å². The SMILES string of the molecule is N#Cc1c(O)c2c(cc(Cl)n2-c2ccc(-c3ccsc3)cc2)[nH]c1=O. The molecule has 0 fully saturated rings. The van der Waals surface area contributed by atoms with Crippen molar-refractivity contribution >= 4 is 34.0 Å². The Morgan fingerprint density at radius 3 is 2.60 bits per heavy atom. The van der Waals surface area contributed by atoms with Crippen molar-refractivity contribution in [2.75, 3.05) is 0 Å². The number of thiophene rings is 1. The normalized spacial score (nSPS) is 10.9. The molecule has 0 unspecified atom stereocenters. The van der Waals surface area contributed by atoms with E-state index in [4.69, 9.17) is 16.9 Å². The molecule has 1 aromatic carbocycles. The van der Waals surface area contributed by atoms with Gasteiger partial charge in [-0.05, 0) is 46.2 Å². The number of nitrogens with one attached hydrogen (secondary N) is 1. The Morgan fingerprint density at radius 2 is 1.96 bits per heavy atom. The number of hydrogen-bond donors (Lipinski definition) is 2. The van der Waals surface area contributed by atoms with Crippen LogP contribution in [0.25, 0.3) is 27.8 Å². The molecule has 3 heterocycles. The van der Waals surface area contributed by atoms with Gasteiger partial charge in [0.15, 0.2) is 11.3 Å². The van der Waals surface area contributed by atoms with Gasteiger partial charge in [0.25, 0.3) is 5.56 Å². The largest absolute Gasteiger partial charge is 0.504 e. The molecule has 5 nitrogen and oxygen atoms in total. The lowest BCUT2D eigenvalue weighted by Crippen LogP contribution is -2.10. The van der Waals surface area contributed by atoms with Gasteiger partial charge in [0.2, 0.25) is 0 Å². The van der Waals surface area contributed by atoms with Crippen LogP contribution < -0.4 is 5.56 Å². The summed E-state index contributed by atoms with van der Waals surface area (Å²) in [5, 5.41) is 23.9. The molecule has 0 saturated carbocycles. The van der Waals surface area contributed by atoms with E-state index in [9.17, 15) is 9.90 Å². The molecule has 0 aliphatic rings. The van der Waals surface area contributed by atoms with Crippen LogP contribution in [0.15, 0.2) is 52.0 Å². The summed E-state index contributed by atoms with van der Waals surface area (Å²) in [5.41, 5.74) is 2.59. The number of rotatable bonds is 2. The molecule has 3 aromatic heterocycles. The highest BCUT2D eigenvalue weighted by Crippen LogP contribution is 2.33. The van der Waals surface area contributed by atoms with Crippen LogP contribution in [0.2, 0.25) is 5.15 Å². The topological polar surface area (TPSA) is 81.8 Å². The molecular weight excluding hydrogens is 358 g/mol. The molecule has 0 aliphatic heterocycles. The van der Waals surface area contributed by atoms with Gasteiger partial charge < -0.3 is 10.1 Å². The van der Waals surface area contributed by atoms with E-state index >= 15 is 0 Å². The molecule has 0 radical (unpaired) electrons. The van der Waals surface area contributed by atoms with Crippen LogP contribution in [0.5, 0.6) is 5.75 Å². The molecular formula is C18H10ClN3O2S. The van der Waals surface area contributed by atoms with Crippen LogP contribution in [-0.4, -0.2) is 14.7 Å². The minimum Gasteiger partial charge on any atom is -0.504 e. The number of aromatic amines is 1. The molecule has 0 amide bonds. The number of nitrogens with zero attached hydrogens (tertiary/aromatic N) is 2. The first-order chi connectivity index (χ1) is 12.1. The van der Waals surface area contributed by atoms with Crippen molar-refractivity contribution in [1.82, 2.24) is 9.55 Å². The molecule has 0 aliphatic carbocycles. The Kier molecular flexibility index (Phi) is 3.61. The fourth-order valence-electron chi connectivity index (χ4n) is 2.81. The number of fused-ring (bicyclic) bond motifs is 1. The summed E-state index contributed by atoms with van der Waals surface area (Å²) in [5.74, 6) is -0.380. The molecule has 0 bridgehead atoms. The summed E-state index contributed by atoms with van der Waals surface area (Å²) < 4.78 is 1.60. The first-order valence-corrected chi connectivity index (χ1v) is 8.61. The van der Waals surface area contributed by atoms with Crippen molar-refractivity contribution in [2.24, 2.45) is 0 Å². The van der Waals surface area contributed by atoms with E-state index in [2.05, 4.69) is 10.4 Å². The number of benzene rings is 1. The number of pyridine rings is 1. The fourth-order valence-corrected chi connectivity index (χ4v) is 3.76. The van der Waals surface area contributed by atoms with Crippen LogP contribution in [-0.2, 0) is 0 Å². The monoisotopic (exact) mass is 367 g/mol. The molecule has 4 aromatic rings. The van der Waals surface area contributed by atoms with E-state index in [0.717, 1.165) is 11.1 Å². The van der Waals surface area contributed by atoms with Crippen LogP contribution in [0, 0.1) is 11.3 Å². The summed E-state index contributed by atoms with van der Waals surface area (Å²) >= 11 is 7.93. The van der Waals surface area contributed by atoms with Crippen molar-refractivity contribution in [1.29, 1.82) is 5.26 Å². The van der Waals surface area contributed by atoms with Gasteiger partial charge in [-0.25, -0.2) is 0 Å².